The van der Waals surface area contributed by atoms with E-state index in [1.807, 2.05) is 0 Å². The molecule has 6 nitrogen and oxygen atoms in total. The Morgan fingerprint density at radius 2 is 1.89 bits per heavy atom. The standard InChI is InChI=1S/C12H19NO5/c1-3-6-9(14)13-12(4-2,11(17)18)8-5-7-10(15)16/h4H,2-3,5-8H2,1H3,(H,13,14)(H,15,16)(H,17,18). The quantitative estimate of drug-likeness (QED) is 0.538. The fraction of sp³-hybridized carbons (Fsp3) is 0.583. The molecule has 6 heteroatoms. The Labute approximate surface area is 106 Å². The zero-order chi connectivity index (χ0) is 14.2. The van der Waals surface area contributed by atoms with Crippen LogP contribution in [0.1, 0.15) is 39.0 Å². The van der Waals surface area contributed by atoms with Crippen LogP contribution in [-0.4, -0.2) is 33.6 Å². The van der Waals surface area contributed by atoms with Gasteiger partial charge in [0.15, 0.2) is 5.54 Å². The molecule has 1 amide bonds. The summed E-state index contributed by atoms with van der Waals surface area (Å²) in [5.41, 5.74) is -1.58. The normalized spacial score (nSPS) is 13.4. The fourth-order valence-electron chi connectivity index (χ4n) is 1.52. The van der Waals surface area contributed by atoms with Gasteiger partial charge in [0.25, 0.3) is 0 Å². The molecule has 1 unspecified atom stereocenters. The number of carbonyl (C=O) groups is 3. The smallest absolute Gasteiger partial charge is 0.333 e. The fourth-order valence-corrected chi connectivity index (χ4v) is 1.52. The van der Waals surface area contributed by atoms with E-state index in [-0.39, 0.29) is 31.6 Å². The van der Waals surface area contributed by atoms with Crippen LogP contribution in [0.2, 0.25) is 0 Å². The predicted octanol–water partition coefficient (Wildman–Crippen LogP) is 1.17. The third-order valence-corrected chi connectivity index (χ3v) is 2.53. The van der Waals surface area contributed by atoms with Crippen LogP contribution in [0.3, 0.4) is 0 Å². The van der Waals surface area contributed by atoms with Crippen molar-refractivity contribution in [2.24, 2.45) is 0 Å². The minimum Gasteiger partial charge on any atom is -0.481 e. The summed E-state index contributed by atoms with van der Waals surface area (Å²) < 4.78 is 0. The van der Waals surface area contributed by atoms with Crippen LogP contribution in [0.4, 0.5) is 0 Å². The molecule has 0 fully saturated rings. The Bertz CT molecular complexity index is 339. The SMILES string of the molecule is C=CC(CCCC(=O)O)(NC(=O)CCC)C(=O)O. The molecule has 0 heterocycles. The molecule has 0 aliphatic rings. The first-order chi connectivity index (χ1) is 8.38. The van der Waals surface area contributed by atoms with E-state index in [1.54, 1.807) is 6.92 Å². The molecule has 0 aromatic rings. The number of carbonyl (C=O) groups excluding carboxylic acids is 1. The maximum atomic E-state index is 11.5. The highest BCUT2D eigenvalue weighted by Gasteiger charge is 2.36. The third-order valence-electron chi connectivity index (χ3n) is 2.53. The molecule has 18 heavy (non-hydrogen) atoms. The zero-order valence-corrected chi connectivity index (χ0v) is 10.4. The third kappa shape index (κ3) is 4.99. The molecule has 3 N–H and O–H groups in total. The van der Waals surface area contributed by atoms with Crippen molar-refractivity contribution in [2.45, 2.75) is 44.6 Å². The molecule has 0 bridgehead atoms. The number of carboxylic acid groups (broad SMARTS) is 2. The highest BCUT2D eigenvalue weighted by atomic mass is 16.4. The average Bonchev–Trinajstić information content (AvgIpc) is 2.27. The van der Waals surface area contributed by atoms with Gasteiger partial charge in [-0.2, -0.15) is 0 Å². The Morgan fingerprint density at radius 3 is 2.28 bits per heavy atom. The molecule has 0 radical (unpaired) electrons. The van der Waals surface area contributed by atoms with Gasteiger partial charge in [-0.25, -0.2) is 4.79 Å². The summed E-state index contributed by atoms with van der Waals surface area (Å²) in [6.07, 6.45) is 1.99. The molecule has 1 atom stereocenters. The van der Waals surface area contributed by atoms with Gasteiger partial charge in [0, 0.05) is 12.8 Å². The van der Waals surface area contributed by atoms with Crippen molar-refractivity contribution in [1.29, 1.82) is 0 Å². The van der Waals surface area contributed by atoms with Crippen LogP contribution >= 0.6 is 0 Å². The van der Waals surface area contributed by atoms with Crippen LogP contribution < -0.4 is 5.32 Å². The lowest BCUT2D eigenvalue weighted by molar-refractivity contribution is -0.146. The van der Waals surface area contributed by atoms with E-state index < -0.39 is 17.5 Å². The summed E-state index contributed by atoms with van der Waals surface area (Å²) in [5, 5.41) is 20.1. The van der Waals surface area contributed by atoms with Gasteiger partial charge in [-0.3, -0.25) is 9.59 Å². The summed E-state index contributed by atoms with van der Waals surface area (Å²) in [4.78, 5) is 33.1. The lowest BCUT2D eigenvalue weighted by Gasteiger charge is -2.27. The maximum Gasteiger partial charge on any atom is 0.333 e. The first-order valence-corrected chi connectivity index (χ1v) is 5.77. The van der Waals surface area contributed by atoms with Crippen LogP contribution in [-0.2, 0) is 14.4 Å². The maximum absolute atomic E-state index is 11.5. The molecule has 0 spiro atoms. The van der Waals surface area contributed by atoms with Crippen LogP contribution in [0.25, 0.3) is 0 Å². The molecular weight excluding hydrogens is 238 g/mol. The van der Waals surface area contributed by atoms with Crippen molar-refractivity contribution >= 4 is 17.8 Å². The van der Waals surface area contributed by atoms with Crippen molar-refractivity contribution in [2.75, 3.05) is 0 Å². The number of hydrogen-bond donors (Lipinski definition) is 3. The van der Waals surface area contributed by atoms with Crippen LogP contribution in [0, 0.1) is 0 Å². The molecule has 0 aliphatic carbocycles. The molecular formula is C12H19NO5. The second-order valence-corrected chi connectivity index (χ2v) is 4.03. The summed E-state index contributed by atoms with van der Waals surface area (Å²) >= 11 is 0. The molecule has 0 aromatic carbocycles. The summed E-state index contributed by atoms with van der Waals surface area (Å²) in [7, 11) is 0. The second kappa shape index (κ2) is 7.47. The zero-order valence-electron chi connectivity index (χ0n) is 10.4. The van der Waals surface area contributed by atoms with Crippen molar-refractivity contribution in [3.8, 4) is 0 Å². The Balaban J connectivity index is 4.71. The number of carboxylic acids is 2. The predicted molar refractivity (Wildman–Crippen MR) is 65.1 cm³/mol. The largest absolute Gasteiger partial charge is 0.481 e. The Kier molecular flexibility index (Phi) is 6.70. The van der Waals surface area contributed by atoms with Gasteiger partial charge in [-0.05, 0) is 19.3 Å². The van der Waals surface area contributed by atoms with Crippen molar-refractivity contribution in [3.05, 3.63) is 12.7 Å². The first kappa shape index (κ1) is 16.1. The molecule has 0 rings (SSSR count). The van der Waals surface area contributed by atoms with Gasteiger partial charge in [0.2, 0.25) is 5.91 Å². The van der Waals surface area contributed by atoms with E-state index in [0.717, 1.165) is 6.08 Å². The van der Waals surface area contributed by atoms with Crippen LogP contribution in [0.5, 0.6) is 0 Å². The van der Waals surface area contributed by atoms with Gasteiger partial charge in [0.1, 0.15) is 0 Å². The van der Waals surface area contributed by atoms with E-state index in [9.17, 15) is 19.5 Å². The summed E-state index contributed by atoms with van der Waals surface area (Å²) in [6, 6.07) is 0. The lowest BCUT2D eigenvalue weighted by atomic mass is 9.92. The topological polar surface area (TPSA) is 104 Å². The van der Waals surface area contributed by atoms with Crippen LogP contribution in [0.15, 0.2) is 12.7 Å². The monoisotopic (exact) mass is 257 g/mol. The number of aliphatic carboxylic acids is 2. The average molecular weight is 257 g/mol. The number of rotatable bonds is 9. The number of nitrogens with one attached hydrogen (secondary N) is 1. The Hall–Kier alpha value is -1.85. The number of hydrogen-bond acceptors (Lipinski definition) is 3. The molecule has 0 aliphatic heterocycles. The summed E-state index contributed by atoms with van der Waals surface area (Å²) in [5.74, 6) is -2.61. The van der Waals surface area contributed by atoms with E-state index in [2.05, 4.69) is 11.9 Å². The minimum atomic E-state index is -1.58. The Morgan fingerprint density at radius 1 is 1.28 bits per heavy atom. The first-order valence-electron chi connectivity index (χ1n) is 5.77. The minimum absolute atomic E-state index is 0.00753. The van der Waals surface area contributed by atoms with Crippen molar-refractivity contribution < 1.29 is 24.6 Å². The number of amides is 1. The lowest BCUT2D eigenvalue weighted by Crippen LogP contribution is -2.53. The van der Waals surface area contributed by atoms with E-state index in [0.29, 0.717) is 6.42 Å². The van der Waals surface area contributed by atoms with Gasteiger partial charge >= 0.3 is 11.9 Å². The van der Waals surface area contributed by atoms with E-state index in [1.165, 1.54) is 0 Å². The van der Waals surface area contributed by atoms with Gasteiger partial charge in [-0.1, -0.05) is 13.0 Å². The van der Waals surface area contributed by atoms with Gasteiger partial charge < -0.3 is 15.5 Å². The molecule has 0 saturated heterocycles. The molecule has 0 aromatic heterocycles. The van der Waals surface area contributed by atoms with Crippen molar-refractivity contribution in [3.63, 3.8) is 0 Å². The van der Waals surface area contributed by atoms with Gasteiger partial charge in [0.05, 0.1) is 0 Å². The molecule has 102 valence electrons. The molecule has 0 saturated carbocycles. The van der Waals surface area contributed by atoms with E-state index in [4.69, 9.17) is 5.11 Å². The second-order valence-electron chi connectivity index (χ2n) is 4.03. The van der Waals surface area contributed by atoms with E-state index >= 15 is 0 Å². The van der Waals surface area contributed by atoms with Gasteiger partial charge in [-0.15, -0.1) is 6.58 Å². The van der Waals surface area contributed by atoms with Crippen molar-refractivity contribution in [1.82, 2.24) is 5.32 Å². The highest BCUT2D eigenvalue weighted by molar-refractivity contribution is 5.88. The summed E-state index contributed by atoms with van der Waals surface area (Å²) in [6.45, 7) is 5.23. The highest BCUT2D eigenvalue weighted by Crippen LogP contribution is 2.17.